The molecule has 2 aromatic rings. The highest BCUT2D eigenvalue weighted by molar-refractivity contribution is 5.69. The van der Waals surface area contributed by atoms with E-state index in [0.717, 1.165) is 5.69 Å². The van der Waals surface area contributed by atoms with Gasteiger partial charge >= 0.3 is 0 Å². The quantitative estimate of drug-likeness (QED) is 0.887. The third-order valence-electron chi connectivity index (χ3n) is 4.29. The second-order valence-electron chi connectivity index (χ2n) is 7.00. The molecule has 1 saturated heterocycles. The van der Waals surface area contributed by atoms with E-state index in [0.29, 0.717) is 0 Å². The van der Waals surface area contributed by atoms with E-state index in [1.807, 2.05) is 6.20 Å². The number of hydrogen-bond acceptors (Lipinski definition) is 2. The average molecular weight is 283 g/mol. The van der Waals surface area contributed by atoms with Crippen LogP contribution < -0.4 is 4.90 Å². The van der Waals surface area contributed by atoms with Crippen LogP contribution in [0.5, 0.6) is 0 Å². The number of hydrogen-bond donors (Lipinski definition) is 1. The van der Waals surface area contributed by atoms with E-state index in [1.54, 1.807) is 0 Å². The molecular weight excluding hydrogens is 258 g/mol. The summed E-state index contributed by atoms with van der Waals surface area (Å²) in [6, 6.07) is 8.83. The highest BCUT2D eigenvalue weighted by atomic mass is 15.1. The first-order valence-electron chi connectivity index (χ1n) is 7.95. The van der Waals surface area contributed by atoms with E-state index >= 15 is 0 Å². The average Bonchev–Trinajstić information content (AvgIpc) is 2.98. The van der Waals surface area contributed by atoms with Gasteiger partial charge in [-0.05, 0) is 36.8 Å². The van der Waals surface area contributed by atoms with Crippen LogP contribution in [-0.2, 0) is 5.41 Å². The van der Waals surface area contributed by atoms with Crippen LogP contribution in [0, 0.1) is 0 Å². The SMILES string of the molecule is CC(C)(C)c1c[nH]nc1-c1cccc(N2CCCCC2)c1. The van der Waals surface area contributed by atoms with Gasteiger partial charge in [0.05, 0.1) is 5.69 Å². The molecule has 1 aliphatic heterocycles. The van der Waals surface area contributed by atoms with Crippen LogP contribution in [0.25, 0.3) is 11.3 Å². The molecule has 3 heteroatoms. The van der Waals surface area contributed by atoms with E-state index in [4.69, 9.17) is 0 Å². The smallest absolute Gasteiger partial charge is 0.0958 e. The number of rotatable bonds is 2. The molecule has 0 aliphatic carbocycles. The summed E-state index contributed by atoms with van der Waals surface area (Å²) in [7, 11) is 0. The standard InChI is InChI=1S/C18H25N3/c1-18(2,3)16-13-19-20-17(16)14-8-7-9-15(12-14)21-10-5-4-6-11-21/h7-9,12-13H,4-6,10-11H2,1-3H3,(H,19,20). The molecule has 0 saturated carbocycles. The lowest BCUT2D eigenvalue weighted by Gasteiger charge is -2.29. The molecule has 2 heterocycles. The van der Waals surface area contributed by atoms with Crippen molar-refractivity contribution in [3.63, 3.8) is 0 Å². The van der Waals surface area contributed by atoms with Gasteiger partial charge in [0.25, 0.3) is 0 Å². The van der Waals surface area contributed by atoms with Gasteiger partial charge in [0, 0.05) is 36.1 Å². The molecule has 1 aromatic carbocycles. The fourth-order valence-corrected chi connectivity index (χ4v) is 3.08. The number of nitrogens with one attached hydrogen (secondary N) is 1. The second kappa shape index (κ2) is 5.55. The first kappa shape index (κ1) is 14.2. The molecule has 1 aromatic heterocycles. The van der Waals surface area contributed by atoms with Crippen LogP contribution in [-0.4, -0.2) is 23.3 Å². The molecule has 0 atom stereocenters. The molecular formula is C18H25N3. The number of benzene rings is 1. The lowest BCUT2D eigenvalue weighted by molar-refractivity contribution is 0.578. The minimum atomic E-state index is 0.101. The monoisotopic (exact) mass is 283 g/mol. The van der Waals surface area contributed by atoms with Crippen molar-refractivity contribution >= 4 is 5.69 Å². The summed E-state index contributed by atoms with van der Waals surface area (Å²) in [4.78, 5) is 2.50. The minimum Gasteiger partial charge on any atom is -0.372 e. The molecule has 0 radical (unpaired) electrons. The van der Waals surface area contributed by atoms with Crippen molar-refractivity contribution in [1.29, 1.82) is 0 Å². The van der Waals surface area contributed by atoms with Gasteiger partial charge < -0.3 is 4.90 Å². The van der Waals surface area contributed by atoms with E-state index in [2.05, 4.69) is 60.1 Å². The molecule has 1 fully saturated rings. The van der Waals surface area contributed by atoms with Crippen LogP contribution in [0.15, 0.2) is 30.5 Å². The van der Waals surface area contributed by atoms with Crippen LogP contribution in [0.2, 0.25) is 0 Å². The first-order valence-corrected chi connectivity index (χ1v) is 7.95. The molecule has 0 bridgehead atoms. The second-order valence-corrected chi connectivity index (χ2v) is 7.00. The van der Waals surface area contributed by atoms with Gasteiger partial charge in [-0.1, -0.05) is 32.9 Å². The van der Waals surface area contributed by atoms with Gasteiger partial charge in [0.15, 0.2) is 0 Å². The summed E-state index contributed by atoms with van der Waals surface area (Å²) in [5.41, 5.74) is 5.00. The fourth-order valence-electron chi connectivity index (χ4n) is 3.08. The van der Waals surface area contributed by atoms with Crippen LogP contribution in [0.4, 0.5) is 5.69 Å². The summed E-state index contributed by atoms with van der Waals surface area (Å²) in [6.45, 7) is 9.05. The summed E-state index contributed by atoms with van der Waals surface area (Å²) < 4.78 is 0. The van der Waals surface area contributed by atoms with Gasteiger partial charge in [0.2, 0.25) is 0 Å². The molecule has 1 aliphatic rings. The summed E-state index contributed by atoms with van der Waals surface area (Å²) in [5, 5.41) is 7.53. The van der Waals surface area contributed by atoms with Gasteiger partial charge in [-0.15, -0.1) is 0 Å². The van der Waals surface area contributed by atoms with E-state index in [-0.39, 0.29) is 5.41 Å². The third-order valence-corrected chi connectivity index (χ3v) is 4.29. The third kappa shape index (κ3) is 2.97. The molecule has 3 rings (SSSR count). The van der Waals surface area contributed by atoms with Crippen LogP contribution >= 0.6 is 0 Å². The van der Waals surface area contributed by atoms with Gasteiger partial charge in [-0.3, -0.25) is 5.10 Å². The number of nitrogens with zero attached hydrogens (tertiary/aromatic N) is 2. The Morgan fingerprint density at radius 2 is 1.86 bits per heavy atom. The lowest BCUT2D eigenvalue weighted by atomic mass is 9.86. The van der Waals surface area contributed by atoms with Gasteiger partial charge in [0.1, 0.15) is 0 Å². The van der Waals surface area contributed by atoms with Crippen molar-refractivity contribution in [2.45, 2.75) is 45.4 Å². The normalized spacial score (nSPS) is 16.2. The van der Waals surface area contributed by atoms with Crippen molar-refractivity contribution in [3.8, 4) is 11.3 Å². The van der Waals surface area contributed by atoms with E-state index < -0.39 is 0 Å². The van der Waals surface area contributed by atoms with Gasteiger partial charge in [-0.2, -0.15) is 5.10 Å². The maximum Gasteiger partial charge on any atom is 0.0958 e. The van der Waals surface area contributed by atoms with Crippen molar-refractivity contribution in [2.75, 3.05) is 18.0 Å². The predicted molar refractivity (Wildman–Crippen MR) is 88.8 cm³/mol. The molecule has 21 heavy (non-hydrogen) atoms. The molecule has 3 nitrogen and oxygen atoms in total. The topological polar surface area (TPSA) is 31.9 Å². The first-order chi connectivity index (χ1) is 10.1. The number of aromatic nitrogens is 2. The number of aromatic amines is 1. The zero-order valence-electron chi connectivity index (χ0n) is 13.3. The maximum atomic E-state index is 4.50. The van der Waals surface area contributed by atoms with Crippen molar-refractivity contribution in [3.05, 3.63) is 36.0 Å². The molecule has 1 N–H and O–H groups in total. The van der Waals surface area contributed by atoms with Crippen molar-refractivity contribution in [2.24, 2.45) is 0 Å². The Hall–Kier alpha value is -1.77. The largest absolute Gasteiger partial charge is 0.372 e. The summed E-state index contributed by atoms with van der Waals surface area (Å²) in [6.07, 6.45) is 6.01. The zero-order valence-corrected chi connectivity index (χ0v) is 13.3. The fraction of sp³-hybridized carbons (Fsp3) is 0.500. The Morgan fingerprint density at radius 3 is 2.57 bits per heavy atom. The Bertz CT molecular complexity index is 601. The minimum absolute atomic E-state index is 0.101. The number of anilines is 1. The highest BCUT2D eigenvalue weighted by Gasteiger charge is 2.21. The van der Waals surface area contributed by atoms with Gasteiger partial charge in [-0.25, -0.2) is 0 Å². The van der Waals surface area contributed by atoms with Crippen molar-refractivity contribution < 1.29 is 0 Å². The Morgan fingerprint density at radius 1 is 1.10 bits per heavy atom. The maximum absolute atomic E-state index is 4.50. The summed E-state index contributed by atoms with van der Waals surface area (Å²) in [5.74, 6) is 0. The molecule has 112 valence electrons. The van der Waals surface area contributed by atoms with E-state index in [9.17, 15) is 0 Å². The number of piperidine rings is 1. The Labute approximate surface area is 127 Å². The number of H-pyrrole nitrogens is 1. The molecule has 0 amide bonds. The highest BCUT2D eigenvalue weighted by Crippen LogP contribution is 2.33. The van der Waals surface area contributed by atoms with Crippen molar-refractivity contribution in [1.82, 2.24) is 10.2 Å². The zero-order chi connectivity index (χ0) is 14.9. The Balaban J connectivity index is 1.95. The summed E-state index contributed by atoms with van der Waals surface area (Å²) >= 11 is 0. The Kier molecular flexibility index (Phi) is 3.75. The van der Waals surface area contributed by atoms with Crippen LogP contribution in [0.1, 0.15) is 45.6 Å². The molecule has 0 unspecified atom stereocenters. The molecule has 0 spiro atoms. The van der Waals surface area contributed by atoms with E-state index in [1.165, 1.54) is 49.2 Å². The predicted octanol–water partition coefficient (Wildman–Crippen LogP) is 4.36. The van der Waals surface area contributed by atoms with Crippen LogP contribution in [0.3, 0.4) is 0 Å². The lowest BCUT2D eigenvalue weighted by Crippen LogP contribution is -2.29.